The fraction of sp³-hybridized carbons (Fsp3) is 0.412. The van der Waals surface area contributed by atoms with Crippen molar-refractivity contribution in [3.63, 3.8) is 0 Å². The molecule has 0 saturated carbocycles. The Morgan fingerprint density at radius 3 is 2.92 bits per heavy atom. The third kappa shape index (κ3) is 5.63. The van der Waals surface area contributed by atoms with Crippen LogP contribution in [0.3, 0.4) is 0 Å². The molecule has 3 aromatic rings. The second kappa shape index (κ2) is 10.4. The van der Waals surface area contributed by atoms with E-state index in [1.807, 2.05) is 35.0 Å². The Bertz CT molecular complexity index is 842. The maximum Gasteiger partial charge on any atom is 0.191 e. The van der Waals surface area contributed by atoms with Crippen molar-refractivity contribution in [2.45, 2.75) is 33.2 Å². The number of pyridine rings is 1. The molecular weight excluding hydrogens is 461 g/mol. The van der Waals surface area contributed by atoms with Gasteiger partial charge in [0.25, 0.3) is 0 Å². The maximum atomic E-state index is 4.59. The minimum atomic E-state index is 0. The smallest absolute Gasteiger partial charge is 0.191 e. The van der Waals surface area contributed by atoms with E-state index in [9.17, 15) is 0 Å². The second-order valence-corrected chi connectivity index (χ2v) is 6.95. The highest BCUT2D eigenvalue weighted by molar-refractivity contribution is 14.0. The number of fused-ring (bicyclic) bond motifs is 1. The van der Waals surface area contributed by atoms with Crippen molar-refractivity contribution in [1.82, 2.24) is 30.2 Å². The van der Waals surface area contributed by atoms with Crippen LogP contribution < -0.4 is 10.6 Å². The zero-order chi connectivity index (χ0) is 17.5. The van der Waals surface area contributed by atoms with E-state index in [2.05, 4.69) is 44.7 Å². The Balaban J connectivity index is 0.00000243. The van der Waals surface area contributed by atoms with Crippen molar-refractivity contribution >= 4 is 46.9 Å². The largest absolute Gasteiger partial charge is 0.357 e. The molecular formula is C17H24IN7S. The number of guanidine groups is 1. The maximum absolute atomic E-state index is 4.59. The van der Waals surface area contributed by atoms with Gasteiger partial charge in [0.2, 0.25) is 0 Å². The lowest BCUT2D eigenvalue weighted by Gasteiger charge is -2.10. The minimum absolute atomic E-state index is 0. The van der Waals surface area contributed by atoms with E-state index in [4.69, 9.17) is 0 Å². The number of aromatic nitrogens is 4. The van der Waals surface area contributed by atoms with Gasteiger partial charge in [-0.3, -0.25) is 4.40 Å². The number of hydrogen-bond donors (Lipinski definition) is 2. The average Bonchev–Trinajstić information content (AvgIpc) is 3.22. The summed E-state index contributed by atoms with van der Waals surface area (Å²) in [6, 6.07) is 5.93. The quantitative estimate of drug-likeness (QED) is 0.233. The molecule has 0 radical (unpaired) electrons. The summed E-state index contributed by atoms with van der Waals surface area (Å²) in [5.74, 6) is 1.80. The predicted molar refractivity (Wildman–Crippen MR) is 116 cm³/mol. The molecule has 26 heavy (non-hydrogen) atoms. The molecule has 7 nitrogen and oxygen atoms in total. The average molecular weight is 485 g/mol. The van der Waals surface area contributed by atoms with E-state index in [0.717, 1.165) is 48.4 Å². The molecule has 3 rings (SSSR count). The third-order valence-corrected chi connectivity index (χ3v) is 4.54. The fourth-order valence-electron chi connectivity index (χ4n) is 2.48. The Kier molecular flexibility index (Phi) is 8.23. The fourth-order valence-corrected chi connectivity index (χ4v) is 3.19. The van der Waals surface area contributed by atoms with Crippen LogP contribution in [-0.4, -0.2) is 38.6 Å². The summed E-state index contributed by atoms with van der Waals surface area (Å²) in [6.45, 7) is 6.38. The van der Waals surface area contributed by atoms with Crippen LogP contribution >= 0.6 is 35.3 Å². The monoisotopic (exact) mass is 485 g/mol. The van der Waals surface area contributed by atoms with Crippen molar-refractivity contribution in [2.24, 2.45) is 4.99 Å². The van der Waals surface area contributed by atoms with Gasteiger partial charge in [0.05, 0.1) is 6.54 Å². The summed E-state index contributed by atoms with van der Waals surface area (Å²) in [5.41, 5.74) is 0.888. The molecule has 0 aliphatic rings. The number of nitrogens with zero attached hydrogens (tertiary/aromatic N) is 5. The zero-order valence-corrected chi connectivity index (χ0v) is 18.1. The van der Waals surface area contributed by atoms with Crippen LogP contribution in [-0.2, 0) is 13.0 Å². The van der Waals surface area contributed by atoms with Crippen LogP contribution in [0.1, 0.15) is 29.1 Å². The lowest BCUT2D eigenvalue weighted by Crippen LogP contribution is -2.37. The minimum Gasteiger partial charge on any atom is -0.357 e. The summed E-state index contributed by atoms with van der Waals surface area (Å²) in [7, 11) is 0. The van der Waals surface area contributed by atoms with Crippen molar-refractivity contribution in [3.05, 3.63) is 46.3 Å². The molecule has 2 N–H and O–H groups in total. The second-order valence-electron chi connectivity index (χ2n) is 5.64. The van der Waals surface area contributed by atoms with E-state index < -0.39 is 0 Å². The molecule has 140 valence electrons. The molecule has 0 amide bonds. The standard InChI is InChI=1S/C17H23N7S.HI/c1-3-18-17(21-12-16-20-11-13(2)25-16)19-9-6-8-15-23-22-14-7-4-5-10-24(14)15;/h4-5,7,10-11H,3,6,8-9,12H2,1-2H3,(H2,18,19,21);1H. The number of aryl methyl sites for hydroxylation is 2. The van der Waals surface area contributed by atoms with E-state index in [1.54, 1.807) is 11.3 Å². The Hall–Kier alpha value is -1.75. The van der Waals surface area contributed by atoms with Gasteiger partial charge >= 0.3 is 0 Å². The van der Waals surface area contributed by atoms with Gasteiger partial charge in [0, 0.05) is 36.8 Å². The number of halogens is 1. The Morgan fingerprint density at radius 1 is 1.27 bits per heavy atom. The Morgan fingerprint density at radius 2 is 2.15 bits per heavy atom. The highest BCUT2D eigenvalue weighted by Gasteiger charge is 2.05. The van der Waals surface area contributed by atoms with E-state index in [-0.39, 0.29) is 24.0 Å². The normalized spacial score (nSPS) is 11.4. The lowest BCUT2D eigenvalue weighted by molar-refractivity contribution is 0.715. The van der Waals surface area contributed by atoms with Gasteiger partial charge in [0.15, 0.2) is 11.6 Å². The molecule has 0 aliphatic carbocycles. The molecule has 0 atom stereocenters. The van der Waals surface area contributed by atoms with E-state index >= 15 is 0 Å². The highest BCUT2D eigenvalue weighted by Crippen LogP contribution is 2.11. The van der Waals surface area contributed by atoms with Gasteiger partial charge in [-0.1, -0.05) is 6.07 Å². The van der Waals surface area contributed by atoms with Gasteiger partial charge in [0.1, 0.15) is 10.8 Å². The summed E-state index contributed by atoms with van der Waals surface area (Å²) < 4.78 is 2.03. The number of rotatable bonds is 7. The van der Waals surface area contributed by atoms with Crippen molar-refractivity contribution in [3.8, 4) is 0 Å². The summed E-state index contributed by atoms with van der Waals surface area (Å²) in [4.78, 5) is 10.1. The molecule has 3 heterocycles. The summed E-state index contributed by atoms with van der Waals surface area (Å²) >= 11 is 1.68. The highest BCUT2D eigenvalue weighted by atomic mass is 127. The van der Waals surface area contributed by atoms with Crippen LogP contribution in [0.15, 0.2) is 35.6 Å². The van der Waals surface area contributed by atoms with E-state index in [1.165, 1.54) is 4.88 Å². The molecule has 3 aromatic heterocycles. The first-order chi connectivity index (χ1) is 12.3. The van der Waals surface area contributed by atoms with Crippen LogP contribution in [0.25, 0.3) is 5.65 Å². The van der Waals surface area contributed by atoms with Gasteiger partial charge < -0.3 is 10.6 Å². The van der Waals surface area contributed by atoms with Gasteiger partial charge in [-0.15, -0.1) is 45.5 Å². The molecule has 9 heteroatoms. The zero-order valence-electron chi connectivity index (χ0n) is 15.0. The lowest BCUT2D eigenvalue weighted by atomic mass is 10.3. The number of thiazole rings is 1. The first kappa shape index (κ1) is 20.6. The molecule has 0 unspecified atom stereocenters. The van der Waals surface area contributed by atoms with Crippen LogP contribution in [0, 0.1) is 6.92 Å². The van der Waals surface area contributed by atoms with Crippen molar-refractivity contribution in [1.29, 1.82) is 0 Å². The van der Waals surface area contributed by atoms with Crippen LogP contribution in [0.5, 0.6) is 0 Å². The van der Waals surface area contributed by atoms with Gasteiger partial charge in [-0.25, -0.2) is 9.98 Å². The predicted octanol–water partition coefficient (Wildman–Crippen LogP) is 2.80. The SMILES string of the molecule is CCNC(=NCc1ncc(C)s1)NCCCc1nnc2ccccn12.I. The van der Waals surface area contributed by atoms with Crippen LogP contribution in [0.2, 0.25) is 0 Å². The molecule has 0 aromatic carbocycles. The third-order valence-electron chi connectivity index (χ3n) is 3.64. The van der Waals surface area contributed by atoms with Crippen molar-refractivity contribution in [2.75, 3.05) is 13.1 Å². The van der Waals surface area contributed by atoms with Crippen LogP contribution in [0.4, 0.5) is 0 Å². The summed E-state index contributed by atoms with van der Waals surface area (Å²) in [5, 5.41) is 16.1. The van der Waals surface area contributed by atoms with E-state index in [0.29, 0.717) is 6.54 Å². The molecule has 0 saturated heterocycles. The van der Waals surface area contributed by atoms with Gasteiger partial charge in [-0.2, -0.15) is 0 Å². The number of nitrogens with one attached hydrogen (secondary N) is 2. The number of aliphatic imine (C=N–C) groups is 1. The van der Waals surface area contributed by atoms with Crippen molar-refractivity contribution < 1.29 is 0 Å². The molecule has 0 spiro atoms. The molecule has 0 aliphatic heterocycles. The van der Waals surface area contributed by atoms with Gasteiger partial charge in [-0.05, 0) is 32.4 Å². The Labute approximate surface area is 174 Å². The first-order valence-electron chi connectivity index (χ1n) is 8.48. The molecule has 0 bridgehead atoms. The number of hydrogen-bond acceptors (Lipinski definition) is 5. The first-order valence-corrected chi connectivity index (χ1v) is 9.30. The topological polar surface area (TPSA) is 79.5 Å². The molecule has 0 fully saturated rings. The summed E-state index contributed by atoms with van der Waals surface area (Å²) in [6.07, 6.45) is 5.71.